The maximum atomic E-state index is 12.5. The monoisotopic (exact) mass is 282 g/mol. The fraction of sp³-hybridized carbons (Fsp3) is 0.400. The van der Waals surface area contributed by atoms with E-state index < -0.39 is 18.6 Å². The molecule has 1 atom stereocenters. The van der Waals surface area contributed by atoms with E-state index in [1.54, 1.807) is 13.0 Å². The van der Waals surface area contributed by atoms with E-state index >= 15 is 0 Å². The van der Waals surface area contributed by atoms with E-state index in [1.807, 2.05) is 30.3 Å². The smallest absolute Gasteiger partial charge is 0.314 e. The largest absolute Gasteiger partial charge is 0.390 e. The summed E-state index contributed by atoms with van der Waals surface area (Å²) in [5.41, 5.74) is 1.49. The Balaban J connectivity index is 2.15. The number of likely N-dealkylation sites (N-methyl/N-ethyl adjacent to an activating group) is 1. The number of aromatic nitrogens is 1. The number of nitrogens with one attached hydrogen (secondary N) is 1. The third-order valence-corrected chi connectivity index (χ3v) is 3.08. The van der Waals surface area contributed by atoms with Gasteiger partial charge in [-0.3, -0.25) is 4.98 Å². The van der Waals surface area contributed by atoms with Crippen LogP contribution in [0.1, 0.15) is 19.0 Å². The van der Waals surface area contributed by atoms with Gasteiger partial charge in [-0.15, -0.1) is 0 Å². The molecular formula is C15H17F3N2. The Kier molecular flexibility index (Phi) is 4.60. The fourth-order valence-corrected chi connectivity index (χ4v) is 2.26. The number of fused-ring (bicyclic) bond motifs is 1. The van der Waals surface area contributed by atoms with Crippen molar-refractivity contribution in [2.24, 2.45) is 0 Å². The summed E-state index contributed by atoms with van der Waals surface area (Å²) in [4.78, 5) is 4.42. The van der Waals surface area contributed by atoms with E-state index in [-0.39, 0.29) is 6.42 Å². The Morgan fingerprint density at radius 3 is 2.60 bits per heavy atom. The first-order valence-electron chi connectivity index (χ1n) is 6.63. The molecule has 0 bridgehead atoms. The summed E-state index contributed by atoms with van der Waals surface area (Å²) in [5.74, 6) is 0. The topological polar surface area (TPSA) is 24.9 Å². The van der Waals surface area contributed by atoms with Crippen molar-refractivity contribution in [3.05, 3.63) is 42.1 Å². The molecule has 5 heteroatoms. The molecule has 0 aliphatic rings. The van der Waals surface area contributed by atoms with Crippen molar-refractivity contribution in [1.29, 1.82) is 0 Å². The van der Waals surface area contributed by atoms with E-state index in [9.17, 15) is 13.2 Å². The normalized spacial score (nSPS) is 13.6. The molecule has 0 amide bonds. The van der Waals surface area contributed by atoms with Gasteiger partial charge in [-0.05, 0) is 18.7 Å². The highest BCUT2D eigenvalue weighted by Crippen LogP contribution is 2.23. The second-order valence-corrected chi connectivity index (χ2v) is 4.77. The van der Waals surface area contributed by atoms with Crippen LogP contribution in [0.5, 0.6) is 0 Å². The zero-order valence-electron chi connectivity index (χ0n) is 11.2. The number of hydrogen-bond acceptors (Lipinski definition) is 2. The van der Waals surface area contributed by atoms with Crippen LogP contribution in [0.3, 0.4) is 0 Å². The van der Waals surface area contributed by atoms with Gasteiger partial charge in [-0.25, -0.2) is 0 Å². The molecule has 0 saturated heterocycles. The first kappa shape index (κ1) is 14.8. The first-order chi connectivity index (χ1) is 9.48. The van der Waals surface area contributed by atoms with Crippen molar-refractivity contribution in [3.63, 3.8) is 0 Å². The van der Waals surface area contributed by atoms with Crippen LogP contribution in [0.15, 0.2) is 36.4 Å². The van der Waals surface area contributed by atoms with Gasteiger partial charge < -0.3 is 5.32 Å². The minimum absolute atomic E-state index is 0.276. The molecule has 2 aromatic rings. The zero-order chi connectivity index (χ0) is 14.6. The standard InChI is InChI=1S/C15H17F3N2/c1-2-19-13(10-15(16,17)18)9-12-8-7-11-5-3-4-6-14(11)20-12/h3-8,13,19H,2,9-10H2,1H3. The van der Waals surface area contributed by atoms with Gasteiger partial charge in [-0.1, -0.05) is 31.2 Å². The van der Waals surface area contributed by atoms with E-state index in [0.717, 1.165) is 10.9 Å². The quantitative estimate of drug-likeness (QED) is 0.904. The minimum atomic E-state index is -4.16. The number of pyridine rings is 1. The third kappa shape index (κ3) is 4.20. The second kappa shape index (κ2) is 6.22. The van der Waals surface area contributed by atoms with Crippen molar-refractivity contribution in [2.75, 3.05) is 6.54 Å². The average molecular weight is 282 g/mol. The molecule has 0 saturated carbocycles. The van der Waals surface area contributed by atoms with Crippen LogP contribution < -0.4 is 5.32 Å². The lowest BCUT2D eigenvalue weighted by molar-refractivity contribution is -0.139. The summed E-state index contributed by atoms with van der Waals surface area (Å²) in [7, 11) is 0. The molecule has 20 heavy (non-hydrogen) atoms. The highest BCUT2D eigenvalue weighted by molar-refractivity contribution is 5.78. The summed E-state index contributed by atoms with van der Waals surface area (Å²) >= 11 is 0. The van der Waals surface area contributed by atoms with E-state index in [4.69, 9.17) is 0 Å². The molecule has 1 unspecified atom stereocenters. The Hall–Kier alpha value is -1.62. The van der Waals surface area contributed by atoms with Crippen LogP contribution in [-0.4, -0.2) is 23.7 Å². The van der Waals surface area contributed by atoms with Gasteiger partial charge in [0.1, 0.15) is 0 Å². The van der Waals surface area contributed by atoms with Crippen LogP contribution in [0, 0.1) is 0 Å². The lowest BCUT2D eigenvalue weighted by Crippen LogP contribution is -2.35. The van der Waals surface area contributed by atoms with Crippen molar-refractivity contribution in [3.8, 4) is 0 Å². The number of benzene rings is 1. The van der Waals surface area contributed by atoms with Gasteiger partial charge in [0.25, 0.3) is 0 Å². The molecule has 2 rings (SSSR count). The molecule has 0 aliphatic heterocycles. The van der Waals surface area contributed by atoms with Gasteiger partial charge in [0.15, 0.2) is 0 Å². The van der Waals surface area contributed by atoms with Crippen LogP contribution >= 0.6 is 0 Å². The number of hydrogen-bond donors (Lipinski definition) is 1. The molecule has 0 fully saturated rings. The summed E-state index contributed by atoms with van der Waals surface area (Å²) in [6, 6.07) is 10.6. The van der Waals surface area contributed by atoms with Crippen LogP contribution in [0.4, 0.5) is 13.2 Å². The lowest BCUT2D eigenvalue weighted by atomic mass is 10.1. The van der Waals surface area contributed by atoms with Gasteiger partial charge in [0, 0.05) is 23.5 Å². The van der Waals surface area contributed by atoms with E-state index in [0.29, 0.717) is 12.2 Å². The Morgan fingerprint density at radius 1 is 1.15 bits per heavy atom. The predicted octanol–water partition coefficient (Wildman–Crippen LogP) is 3.71. The highest BCUT2D eigenvalue weighted by atomic mass is 19.4. The summed E-state index contributed by atoms with van der Waals surface area (Å²) in [5, 5.41) is 3.87. The highest BCUT2D eigenvalue weighted by Gasteiger charge is 2.31. The van der Waals surface area contributed by atoms with Gasteiger partial charge in [0.05, 0.1) is 11.9 Å². The molecule has 1 aromatic carbocycles. The summed E-state index contributed by atoms with van der Waals surface area (Å²) < 4.78 is 37.6. The SMILES string of the molecule is CCNC(Cc1ccc2ccccc2n1)CC(F)(F)F. The third-order valence-electron chi connectivity index (χ3n) is 3.08. The van der Waals surface area contributed by atoms with Crippen LogP contribution in [0.25, 0.3) is 10.9 Å². The van der Waals surface area contributed by atoms with Crippen molar-refractivity contribution in [2.45, 2.75) is 32.0 Å². The Bertz CT molecular complexity index is 566. The van der Waals surface area contributed by atoms with Gasteiger partial charge >= 0.3 is 6.18 Å². The van der Waals surface area contributed by atoms with Crippen LogP contribution in [-0.2, 0) is 6.42 Å². The maximum absolute atomic E-state index is 12.5. The van der Waals surface area contributed by atoms with Gasteiger partial charge in [-0.2, -0.15) is 13.2 Å². The summed E-state index contributed by atoms with van der Waals surface area (Å²) in [6.07, 6.45) is -4.72. The predicted molar refractivity (Wildman–Crippen MR) is 73.6 cm³/mol. The summed E-state index contributed by atoms with van der Waals surface area (Å²) in [6.45, 7) is 2.31. The second-order valence-electron chi connectivity index (χ2n) is 4.77. The molecule has 1 aromatic heterocycles. The lowest BCUT2D eigenvalue weighted by Gasteiger charge is -2.19. The van der Waals surface area contributed by atoms with Crippen LogP contribution in [0.2, 0.25) is 0 Å². The van der Waals surface area contributed by atoms with Crippen molar-refractivity contribution in [1.82, 2.24) is 10.3 Å². The number of rotatable bonds is 5. The number of nitrogens with zero attached hydrogens (tertiary/aromatic N) is 1. The molecule has 0 radical (unpaired) electrons. The Labute approximate surface area is 116 Å². The molecular weight excluding hydrogens is 265 g/mol. The molecule has 0 aliphatic carbocycles. The number of halogens is 3. The van der Waals surface area contributed by atoms with E-state index in [2.05, 4.69) is 10.3 Å². The average Bonchev–Trinajstić information content (AvgIpc) is 2.37. The zero-order valence-corrected chi connectivity index (χ0v) is 11.2. The minimum Gasteiger partial charge on any atom is -0.314 e. The van der Waals surface area contributed by atoms with Crippen molar-refractivity contribution >= 4 is 10.9 Å². The van der Waals surface area contributed by atoms with E-state index in [1.165, 1.54) is 0 Å². The van der Waals surface area contributed by atoms with Gasteiger partial charge in [0.2, 0.25) is 0 Å². The number of alkyl halides is 3. The number of para-hydroxylation sites is 1. The molecule has 1 heterocycles. The molecule has 108 valence electrons. The maximum Gasteiger partial charge on any atom is 0.390 e. The first-order valence-corrected chi connectivity index (χ1v) is 6.63. The molecule has 2 nitrogen and oxygen atoms in total. The molecule has 0 spiro atoms. The Morgan fingerprint density at radius 2 is 1.90 bits per heavy atom. The molecule has 1 N–H and O–H groups in total. The fourth-order valence-electron chi connectivity index (χ4n) is 2.26. The van der Waals surface area contributed by atoms with Crippen molar-refractivity contribution < 1.29 is 13.2 Å².